The minimum absolute atomic E-state index is 0. The van der Waals surface area contributed by atoms with Crippen LogP contribution in [0.1, 0.15) is 33.1 Å². The quantitative estimate of drug-likeness (QED) is 0.617. The highest BCUT2D eigenvalue weighted by Gasteiger charge is 1.99. The van der Waals surface area contributed by atoms with Gasteiger partial charge in [-0.3, -0.25) is 0 Å². The molecule has 0 saturated carbocycles. The highest BCUT2D eigenvalue weighted by molar-refractivity contribution is 5.85. The molecular weight excluding hydrogens is 208 g/mol. The van der Waals surface area contributed by atoms with Gasteiger partial charge in [-0.2, -0.15) is 0 Å². The van der Waals surface area contributed by atoms with E-state index in [2.05, 4.69) is 42.9 Å². The summed E-state index contributed by atoms with van der Waals surface area (Å²) >= 11 is 0. The Morgan fingerprint density at radius 3 is 2.60 bits per heavy atom. The first-order valence-electron chi connectivity index (χ1n) is 5.55. The zero-order valence-electron chi connectivity index (χ0n) is 10.5. The molecule has 0 fully saturated rings. The molecule has 0 spiro atoms. The van der Waals surface area contributed by atoms with Gasteiger partial charge in [-0.05, 0) is 64.7 Å². The second-order valence-corrected chi connectivity index (χ2v) is 4.09. The zero-order chi connectivity index (χ0) is 10.8. The topological polar surface area (TPSA) is 15.6 Å². The van der Waals surface area contributed by atoms with Crippen molar-refractivity contribution in [2.75, 3.05) is 27.2 Å². The van der Waals surface area contributed by atoms with Gasteiger partial charge in [-0.1, -0.05) is 6.92 Å². The number of nitrogens with zero attached hydrogens (tertiary/aromatic N) is 2. The lowest BCUT2D eigenvalue weighted by atomic mass is 10.0. The second kappa shape index (κ2) is 11.8. The molecule has 90 valence electrons. The third-order valence-electron chi connectivity index (χ3n) is 2.16. The Hall–Kier alpha value is -0.300. The molecule has 0 bridgehead atoms. The molecular formula is C12H25ClN2. The number of hydrogen-bond donors (Lipinski definition) is 0. The summed E-state index contributed by atoms with van der Waals surface area (Å²) in [6.45, 7) is 6.35. The van der Waals surface area contributed by atoms with E-state index in [1.54, 1.807) is 0 Å². The van der Waals surface area contributed by atoms with E-state index in [9.17, 15) is 0 Å². The Labute approximate surface area is 101 Å². The van der Waals surface area contributed by atoms with E-state index >= 15 is 0 Å². The molecule has 0 rings (SSSR count). The maximum atomic E-state index is 4.04. The van der Waals surface area contributed by atoms with E-state index in [0.29, 0.717) is 0 Å². The van der Waals surface area contributed by atoms with Gasteiger partial charge in [-0.25, -0.2) is 4.99 Å². The van der Waals surface area contributed by atoms with E-state index in [1.807, 2.05) is 6.92 Å². The van der Waals surface area contributed by atoms with Crippen molar-refractivity contribution in [1.29, 1.82) is 0 Å². The molecule has 0 saturated heterocycles. The van der Waals surface area contributed by atoms with Crippen molar-refractivity contribution in [3.05, 3.63) is 6.08 Å². The van der Waals surface area contributed by atoms with E-state index in [0.717, 1.165) is 18.9 Å². The largest absolute Gasteiger partial charge is 0.309 e. The van der Waals surface area contributed by atoms with Gasteiger partial charge >= 0.3 is 0 Å². The standard InChI is InChI=1S/C12H24N2.ClH/c1-5-13-10-6-8-12(2)9-7-11-14(3)4;/h6,12H,5,7-9,11H2,1-4H3;1H. The third kappa shape index (κ3) is 13.7. The third-order valence-corrected chi connectivity index (χ3v) is 2.16. The zero-order valence-corrected chi connectivity index (χ0v) is 11.3. The summed E-state index contributed by atoms with van der Waals surface area (Å²) in [5, 5.41) is 0. The molecule has 0 aromatic carbocycles. The Kier molecular flexibility index (Phi) is 13.4. The fraction of sp³-hybridized carbons (Fsp3) is 0.833. The van der Waals surface area contributed by atoms with Crippen LogP contribution in [-0.2, 0) is 0 Å². The molecule has 0 N–H and O–H groups in total. The smallest absolute Gasteiger partial charge is 0.0455 e. The number of hydrogen-bond acceptors (Lipinski definition) is 2. The second-order valence-electron chi connectivity index (χ2n) is 4.09. The number of rotatable bonds is 7. The first-order valence-corrected chi connectivity index (χ1v) is 5.55. The lowest BCUT2D eigenvalue weighted by Crippen LogP contribution is -2.13. The monoisotopic (exact) mass is 232 g/mol. The van der Waals surface area contributed by atoms with Gasteiger partial charge in [0.15, 0.2) is 0 Å². The van der Waals surface area contributed by atoms with Gasteiger partial charge in [0.05, 0.1) is 0 Å². The summed E-state index contributed by atoms with van der Waals surface area (Å²) in [5.41, 5.74) is 0. The van der Waals surface area contributed by atoms with Crippen molar-refractivity contribution in [2.45, 2.75) is 33.1 Å². The molecule has 0 radical (unpaired) electrons. The molecule has 0 aromatic heterocycles. The van der Waals surface area contributed by atoms with Crippen LogP contribution in [-0.4, -0.2) is 38.0 Å². The lowest BCUT2D eigenvalue weighted by molar-refractivity contribution is 0.373. The van der Waals surface area contributed by atoms with Crippen molar-refractivity contribution in [3.8, 4) is 0 Å². The Balaban J connectivity index is 0. The molecule has 1 unspecified atom stereocenters. The maximum Gasteiger partial charge on any atom is 0.0455 e. The summed E-state index contributed by atoms with van der Waals surface area (Å²) in [7, 11) is 4.25. The molecule has 0 aliphatic heterocycles. The van der Waals surface area contributed by atoms with Crippen LogP contribution in [0.5, 0.6) is 0 Å². The summed E-state index contributed by atoms with van der Waals surface area (Å²) < 4.78 is 0. The average molecular weight is 233 g/mol. The summed E-state index contributed by atoms with van der Waals surface area (Å²) in [4.78, 5) is 6.28. The van der Waals surface area contributed by atoms with Crippen LogP contribution in [0.15, 0.2) is 11.1 Å². The maximum absolute atomic E-state index is 4.04. The fourth-order valence-electron chi connectivity index (χ4n) is 1.28. The van der Waals surface area contributed by atoms with Gasteiger partial charge in [-0.15, -0.1) is 12.4 Å². The average Bonchev–Trinajstić information content (AvgIpc) is 2.12. The number of aliphatic imine (C=N–C) groups is 1. The van der Waals surface area contributed by atoms with E-state index in [4.69, 9.17) is 0 Å². The fourth-order valence-corrected chi connectivity index (χ4v) is 1.28. The normalized spacial score (nSPS) is 11.5. The molecule has 3 heteroatoms. The Morgan fingerprint density at radius 1 is 1.40 bits per heavy atom. The van der Waals surface area contributed by atoms with Crippen LogP contribution >= 0.6 is 12.4 Å². The molecule has 15 heavy (non-hydrogen) atoms. The molecule has 0 heterocycles. The Bertz CT molecular complexity index is 184. The van der Waals surface area contributed by atoms with Crippen LogP contribution in [0.2, 0.25) is 0 Å². The van der Waals surface area contributed by atoms with Gasteiger partial charge in [0.2, 0.25) is 0 Å². The van der Waals surface area contributed by atoms with Crippen LogP contribution in [0.4, 0.5) is 0 Å². The van der Waals surface area contributed by atoms with Gasteiger partial charge < -0.3 is 4.90 Å². The van der Waals surface area contributed by atoms with Crippen molar-refractivity contribution in [1.82, 2.24) is 4.90 Å². The Morgan fingerprint density at radius 2 is 2.07 bits per heavy atom. The van der Waals surface area contributed by atoms with Crippen molar-refractivity contribution < 1.29 is 0 Å². The van der Waals surface area contributed by atoms with Gasteiger partial charge in [0, 0.05) is 6.54 Å². The van der Waals surface area contributed by atoms with Gasteiger partial charge in [0.25, 0.3) is 0 Å². The summed E-state index contributed by atoms with van der Waals surface area (Å²) in [5.74, 6) is 3.71. The highest BCUT2D eigenvalue weighted by Crippen LogP contribution is 2.09. The lowest BCUT2D eigenvalue weighted by Gasteiger charge is -2.11. The molecule has 0 amide bonds. The molecule has 0 aliphatic carbocycles. The predicted octanol–water partition coefficient (Wildman–Crippen LogP) is 3.02. The summed E-state index contributed by atoms with van der Waals surface area (Å²) in [6.07, 6.45) is 5.75. The molecule has 1 atom stereocenters. The molecule has 2 nitrogen and oxygen atoms in total. The van der Waals surface area contributed by atoms with Crippen molar-refractivity contribution in [2.24, 2.45) is 10.9 Å². The van der Waals surface area contributed by atoms with E-state index in [-0.39, 0.29) is 12.4 Å². The van der Waals surface area contributed by atoms with Crippen LogP contribution in [0.25, 0.3) is 0 Å². The number of allylic oxidation sites excluding steroid dienone is 1. The molecule has 0 aliphatic rings. The number of halogens is 1. The van der Waals surface area contributed by atoms with Crippen molar-refractivity contribution in [3.63, 3.8) is 0 Å². The predicted molar refractivity (Wildman–Crippen MR) is 71.4 cm³/mol. The van der Waals surface area contributed by atoms with Crippen molar-refractivity contribution >= 4 is 18.3 Å². The van der Waals surface area contributed by atoms with Crippen LogP contribution < -0.4 is 0 Å². The summed E-state index contributed by atoms with van der Waals surface area (Å²) in [6, 6.07) is 0. The van der Waals surface area contributed by atoms with Crippen LogP contribution in [0.3, 0.4) is 0 Å². The minimum Gasteiger partial charge on any atom is -0.309 e. The van der Waals surface area contributed by atoms with E-state index < -0.39 is 0 Å². The van der Waals surface area contributed by atoms with E-state index in [1.165, 1.54) is 19.4 Å². The first kappa shape index (κ1) is 17.1. The highest BCUT2D eigenvalue weighted by atomic mass is 35.5. The van der Waals surface area contributed by atoms with Crippen LogP contribution in [0, 0.1) is 5.92 Å². The SMILES string of the molecule is CCN=C=CCC(C)CCCN(C)C.Cl. The first-order chi connectivity index (χ1) is 6.66. The minimum atomic E-state index is 0. The van der Waals surface area contributed by atoms with Gasteiger partial charge in [0.1, 0.15) is 0 Å². The molecule has 0 aromatic rings.